The second-order valence-corrected chi connectivity index (χ2v) is 9.55. The fraction of sp³-hybridized carbons (Fsp3) is 0.864. The molecule has 1 aliphatic rings. The van der Waals surface area contributed by atoms with Gasteiger partial charge in [0, 0.05) is 58.1 Å². The lowest BCUT2D eigenvalue weighted by Gasteiger charge is -2.24. The number of aliphatic hydroxyl groups excluding tert-OH is 1. The fourth-order valence-electron chi connectivity index (χ4n) is 3.05. The van der Waals surface area contributed by atoms with Gasteiger partial charge in [-0.2, -0.15) is 0 Å². The van der Waals surface area contributed by atoms with Gasteiger partial charge in [-0.3, -0.25) is 9.59 Å². The van der Waals surface area contributed by atoms with Crippen molar-refractivity contribution in [3.05, 3.63) is 0 Å². The van der Waals surface area contributed by atoms with E-state index in [1.54, 1.807) is 35.6 Å². The lowest BCUT2D eigenvalue weighted by molar-refractivity contribution is -0.133. The number of nitrogens with one attached hydrogen (secondary N) is 1. The van der Waals surface area contributed by atoms with Gasteiger partial charge in [0.05, 0.1) is 12.6 Å². The summed E-state index contributed by atoms with van der Waals surface area (Å²) in [4.78, 5) is 36.7. The minimum absolute atomic E-state index is 0.0611. The molecule has 2 N–H and O–H groups in total. The number of carbonyl (C=O) groups excluding carboxylic acids is 3. The average Bonchev–Trinajstić information content (AvgIpc) is 3.24. The van der Waals surface area contributed by atoms with Gasteiger partial charge >= 0.3 is 0 Å². The van der Waals surface area contributed by atoms with E-state index >= 15 is 0 Å². The molecule has 0 aliphatic carbocycles. The Morgan fingerprint density at radius 1 is 1.03 bits per heavy atom. The maximum absolute atomic E-state index is 12.3. The Kier molecular flexibility index (Phi) is 25.0. The van der Waals surface area contributed by atoms with Crippen LogP contribution in [-0.2, 0) is 19.1 Å². The maximum atomic E-state index is 12.3. The first-order chi connectivity index (χ1) is 15.0. The van der Waals surface area contributed by atoms with Crippen molar-refractivity contribution < 1.29 is 24.2 Å². The standard InChI is InChI=1S/C19H34N2O4S2.C2H6.CH4O/c1-16(22)7-3-4-9-18(23)20-11-14-27-26-13-6-10-19(24)21-12-5-8-17(21)15-25-2;2*1-2/h17H,3-15H2,1-2H3,(H,20,23);1-2H3;2H,1H3. The Morgan fingerprint density at radius 2 is 1.68 bits per heavy atom. The summed E-state index contributed by atoms with van der Waals surface area (Å²) in [6.45, 7) is 7.74. The third kappa shape index (κ3) is 18.5. The summed E-state index contributed by atoms with van der Waals surface area (Å²) in [5.74, 6) is 2.29. The van der Waals surface area contributed by atoms with Gasteiger partial charge in [0.15, 0.2) is 0 Å². The van der Waals surface area contributed by atoms with Crippen molar-refractivity contribution in [3.63, 3.8) is 0 Å². The van der Waals surface area contributed by atoms with Crippen LogP contribution in [0.3, 0.4) is 0 Å². The number of carbonyl (C=O) groups is 3. The van der Waals surface area contributed by atoms with Crippen LogP contribution < -0.4 is 5.32 Å². The molecule has 1 heterocycles. The van der Waals surface area contributed by atoms with Gasteiger partial charge in [-0.05, 0) is 39.0 Å². The highest BCUT2D eigenvalue weighted by Crippen LogP contribution is 2.23. The molecule has 0 aromatic rings. The highest BCUT2D eigenvalue weighted by Gasteiger charge is 2.27. The molecule has 7 nitrogen and oxygen atoms in total. The maximum Gasteiger partial charge on any atom is 0.222 e. The Bertz CT molecular complexity index is 467. The van der Waals surface area contributed by atoms with Crippen molar-refractivity contribution in [2.45, 2.75) is 78.2 Å². The van der Waals surface area contributed by atoms with Crippen LogP contribution >= 0.6 is 21.6 Å². The molecule has 1 saturated heterocycles. The van der Waals surface area contributed by atoms with E-state index in [1.165, 1.54) is 0 Å². The molecule has 1 rings (SSSR count). The zero-order chi connectivity index (χ0) is 23.9. The predicted molar refractivity (Wildman–Crippen MR) is 132 cm³/mol. The van der Waals surface area contributed by atoms with Crippen LogP contribution in [0.5, 0.6) is 0 Å². The molecule has 0 bridgehead atoms. The van der Waals surface area contributed by atoms with Crippen LogP contribution in [0.25, 0.3) is 0 Å². The first-order valence-electron chi connectivity index (χ1n) is 11.3. The molecule has 0 aromatic heterocycles. The summed E-state index contributed by atoms with van der Waals surface area (Å²) >= 11 is 0. The summed E-state index contributed by atoms with van der Waals surface area (Å²) in [5.41, 5.74) is 0. The molecule has 0 aromatic carbocycles. The number of rotatable bonds is 15. The molecule has 184 valence electrons. The number of Topliss-reactive ketones (excluding diaryl/α,β-unsaturated/α-hetero) is 1. The quantitative estimate of drug-likeness (QED) is 0.273. The van der Waals surface area contributed by atoms with Gasteiger partial charge in [-0.15, -0.1) is 0 Å². The summed E-state index contributed by atoms with van der Waals surface area (Å²) < 4.78 is 5.20. The number of methoxy groups -OCH3 is 1. The highest BCUT2D eigenvalue weighted by atomic mass is 33.1. The third-order valence-corrected chi connectivity index (χ3v) is 6.94. The number of aliphatic hydroxyl groups is 1. The van der Waals surface area contributed by atoms with Crippen LogP contribution in [0, 0.1) is 0 Å². The van der Waals surface area contributed by atoms with E-state index in [1.807, 2.05) is 18.7 Å². The number of hydrogen-bond acceptors (Lipinski definition) is 7. The fourth-order valence-corrected chi connectivity index (χ4v) is 5.05. The molecule has 0 saturated carbocycles. The van der Waals surface area contributed by atoms with Crippen LogP contribution in [0.15, 0.2) is 0 Å². The predicted octanol–water partition coefficient (Wildman–Crippen LogP) is 3.69. The Hall–Kier alpha value is -0.770. The number of ketones is 1. The lowest BCUT2D eigenvalue weighted by Crippen LogP contribution is -2.38. The van der Waals surface area contributed by atoms with E-state index in [0.717, 1.165) is 57.3 Å². The smallest absolute Gasteiger partial charge is 0.222 e. The molecule has 31 heavy (non-hydrogen) atoms. The zero-order valence-electron chi connectivity index (χ0n) is 20.1. The van der Waals surface area contributed by atoms with Crippen molar-refractivity contribution in [3.8, 4) is 0 Å². The van der Waals surface area contributed by atoms with Gasteiger partial charge in [0.2, 0.25) is 11.8 Å². The number of unbranched alkanes of at least 4 members (excludes halogenated alkanes) is 1. The Labute approximate surface area is 197 Å². The normalized spacial score (nSPS) is 14.8. The van der Waals surface area contributed by atoms with Gasteiger partial charge in [-0.25, -0.2) is 0 Å². The molecule has 0 spiro atoms. The van der Waals surface area contributed by atoms with Crippen LogP contribution in [-0.4, -0.2) is 79.1 Å². The van der Waals surface area contributed by atoms with E-state index in [0.29, 0.717) is 32.4 Å². The number of ether oxygens (including phenoxy) is 1. The summed E-state index contributed by atoms with van der Waals surface area (Å²) in [6, 6.07) is 0.260. The molecule has 0 radical (unpaired) electrons. The van der Waals surface area contributed by atoms with Crippen LogP contribution in [0.4, 0.5) is 0 Å². The van der Waals surface area contributed by atoms with Crippen molar-refractivity contribution in [1.82, 2.24) is 10.2 Å². The molecule has 2 amide bonds. The Balaban J connectivity index is 0. The van der Waals surface area contributed by atoms with Crippen LogP contribution in [0.2, 0.25) is 0 Å². The number of hydrogen-bond donors (Lipinski definition) is 2. The SMILES string of the molecule is CC.CO.COCC1CCCN1C(=O)CCCSSCCNC(=O)CCCCC(C)=O. The average molecular weight is 481 g/mol. The van der Waals surface area contributed by atoms with Gasteiger partial charge < -0.3 is 24.9 Å². The summed E-state index contributed by atoms with van der Waals surface area (Å²) in [6.07, 6.45) is 6.22. The van der Waals surface area contributed by atoms with Crippen molar-refractivity contribution in [2.24, 2.45) is 0 Å². The number of amides is 2. The van der Waals surface area contributed by atoms with Crippen molar-refractivity contribution in [1.29, 1.82) is 0 Å². The van der Waals surface area contributed by atoms with E-state index in [4.69, 9.17) is 9.84 Å². The topological polar surface area (TPSA) is 95.9 Å². The van der Waals surface area contributed by atoms with E-state index in [9.17, 15) is 14.4 Å². The number of nitrogens with zero attached hydrogens (tertiary/aromatic N) is 1. The molecule has 1 unspecified atom stereocenters. The first-order valence-corrected chi connectivity index (χ1v) is 13.8. The van der Waals surface area contributed by atoms with E-state index < -0.39 is 0 Å². The molecule has 1 aliphatic heterocycles. The van der Waals surface area contributed by atoms with Crippen molar-refractivity contribution >= 4 is 39.2 Å². The zero-order valence-corrected chi connectivity index (χ0v) is 21.7. The molecule has 1 fully saturated rings. The van der Waals surface area contributed by atoms with Gasteiger partial charge in [0.25, 0.3) is 0 Å². The summed E-state index contributed by atoms with van der Waals surface area (Å²) in [7, 11) is 6.18. The molecular weight excluding hydrogens is 436 g/mol. The largest absolute Gasteiger partial charge is 0.400 e. The summed E-state index contributed by atoms with van der Waals surface area (Å²) in [5, 5.41) is 9.90. The molecule has 1 atom stereocenters. The Morgan fingerprint density at radius 3 is 2.32 bits per heavy atom. The molecule has 9 heteroatoms. The monoisotopic (exact) mass is 480 g/mol. The van der Waals surface area contributed by atoms with Crippen LogP contribution in [0.1, 0.15) is 72.1 Å². The van der Waals surface area contributed by atoms with E-state index in [-0.39, 0.29) is 23.6 Å². The van der Waals surface area contributed by atoms with E-state index in [2.05, 4.69) is 5.32 Å². The molecular formula is C22H44N2O5S2. The van der Waals surface area contributed by atoms with Crippen molar-refractivity contribution in [2.75, 3.05) is 45.4 Å². The third-order valence-electron chi connectivity index (χ3n) is 4.45. The van der Waals surface area contributed by atoms with Gasteiger partial charge in [-0.1, -0.05) is 35.4 Å². The minimum atomic E-state index is 0.0611. The lowest BCUT2D eigenvalue weighted by atomic mass is 10.1. The minimum Gasteiger partial charge on any atom is -0.400 e. The van der Waals surface area contributed by atoms with Gasteiger partial charge in [0.1, 0.15) is 5.78 Å². The number of likely N-dealkylation sites (tertiary alicyclic amines) is 1. The second kappa shape index (κ2) is 23.9. The second-order valence-electron chi connectivity index (χ2n) is 6.85. The highest BCUT2D eigenvalue weighted by molar-refractivity contribution is 8.76. The first kappa shape index (κ1) is 32.4.